The molecule has 1 aromatic rings. The van der Waals surface area contributed by atoms with Crippen molar-refractivity contribution in [1.82, 2.24) is 10.2 Å². The second-order valence-electron chi connectivity index (χ2n) is 5.54. The number of nitrogens with zero attached hydrogens (tertiary/aromatic N) is 1. The first-order valence-corrected chi connectivity index (χ1v) is 8.08. The van der Waals surface area contributed by atoms with Gasteiger partial charge in [0.2, 0.25) is 11.8 Å². The highest BCUT2D eigenvalue weighted by Gasteiger charge is 2.26. The van der Waals surface area contributed by atoms with Crippen LogP contribution in [-0.4, -0.2) is 29.8 Å². The van der Waals surface area contributed by atoms with E-state index in [-0.39, 0.29) is 17.7 Å². The molecule has 2 rings (SSSR count). The molecule has 1 unspecified atom stereocenters. The number of carbonyl (C=O) groups is 2. The molecule has 4 nitrogen and oxygen atoms in total. The SMILES string of the molecule is CC(NC(=O)C1CCCC1)C(=O)N(C)Cc1ccsc1. The molecule has 0 aromatic carbocycles. The maximum Gasteiger partial charge on any atom is 0.244 e. The molecule has 1 aromatic heterocycles. The number of hydrogen-bond acceptors (Lipinski definition) is 3. The van der Waals surface area contributed by atoms with Gasteiger partial charge in [0.25, 0.3) is 0 Å². The highest BCUT2D eigenvalue weighted by molar-refractivity contribution is 7.07. The summed E-state index contributed by atoms with van der Waals surface area (Å²) in [5.74, 6) is 0.0993. The summed E-state index contributed by atoms with van der Waals surface area (Å²) in [5, 5.41) is 6.89. The Balaban J connectivity index is 1.82. The molecular formula is C15H22N2O2S. The van der Waals surface area contributed by atoms with Crippen LogP contribution in [0.3, 0.4) is 0 Å². The third-order valence-electron chi connectivity index (χ3n) is 3.83. The van der Waals surface area contributed by atoms with Gasteiger partial charge in [-0.05, 0) is 42.2 Å². The van der Waals surface area contributed by atoms with Gasteiger partial charge in [-0.2, -0.15) is 11.3 Å². The van der Waals surface area contributed by atoms with Crippen LogP contribution in [0.5, 0.6) is 0 Å². The number of amides is 2. The summed E-state index contributed by atoms with van der Waals surface area (Å²) in [5.41, 5.74) is 1.13. The molecular weight excluding hydrogens is 272 g/mol. The number of carbonyl (C=O) groups excluding carboxylic acids is 2. The number of rotatable bonds is 5. The van der Waals surface area contributed by atoms with E-state index in [4.69, 9.17) is 0 Å². The topological polar surface area (TPSA) is 49.4 Å². The minimum absolute atomic E-state index is 0.0345. The first-order valence-electron chi connectivity index (χ1n) is 7.14. The molecule has 1 fully saturated rings. The van der Waals surface area contributed by atoms with Crippen molar-refractivity contribution in [2.75, 3.05) is 7.05 Å². The number of hydrogen-bond donors (Lipinski definition) is 1. The predicted octanol–water partition coefficient (Wildman–Crippen LogP) is 2.40. The van der Waals surface area contributed by atoms with Gasteiger partial charge in [-0.15, -0.1) is 0 Å². The van der Waals surface area contributed by atoms with Crippen molar-refractivity contribution in [3.63, 3.8) is 0 Å². The van der Waals surface area contributed by atoms with Gasteiger partial charge in [0.15, 0.2) is 0 Å². The van der Waals surface area contributed by atoms with Crippen LogP contribution in [0.25, 0.3) is 0 Å². The van der Waals surface area contributed by atoms with Crippen LogP contribution < -0.4 is 5.32 Å². The summed E-state index contributed by atoms with van der Waals surface area (Å²) in [4.78, 5) is 25.9. The van der Waals surface area contributed by atoms with Crippen LogP contribution in [0.4, 0.5) is 0 Å². The normalized spacial score (nSPS) is 16.9. The highest BCUT2D eigenvalue weighted by Crippen LogP contribution is 2.24. The van der Waals surface area contributed by atoms with E-state index in [0.717, 1.165) is 31.2 Å². The average molecular weight is 294 g/mol. The van der Waals surface area contributed by atoms with E-state index < -0.39 is 6.04 Å². The van der Waals surface area contributed by atoms with E-state index in [0.29, 0.717) is 6.54 Å². The molecule has 1 atom stereocenters. The molecule has 1 saturated carbocycles. The summed E-state index contributed by atoms with van der Waals surface area (Å²) in [6.45, 7) is 2.35. The summed E-state index contributed by atoms with van der Waals surface area (Å²) in [6.07, 6.45) is 4.16. The van der Waals surface area contributed by atoms with Crippen molar-refractivity contribution >= 4 is 23.2 Å². The van der Waals surface area contributed by atoms with Gasteiger partial charge < -0.3 is 10.2 Å². The zero-order valence-corrected chi connectivity index (χ0v) is 12.9. The van der Waals surface area contributed by atoms with Crippen molar-refractivity contribution in [3.8, 4) is 0 Å². The molecule has 1 aliphatic rings. The Bertz CT molecular complexity index is 452. The van der Waals surface area contributed by atoms with Crippen molar-refractivity contribution in [2.24, 2.45) is 5.92 Å². The van der Waals surface area contributed by atoms with Gasteiger partial charge in [0.1, 0.15) is 6.04 Å². The monoisotopic (exact) mass is 294 g/mol. The van der Waals surface area contributed by atoms with E-state index in [9.17, 15) is 9.59 Å². The van der Waals surface area contributed by atoms with Gasteiger partial charge >= 0.3 is 0 Å². The summed E-state index contributed by atoms with van der Waals surface area (Å²) in [7, 11) is 1.78. The van der Waals surface area contributed by atoms with Crippen molar-refractivity contribution in [1.29, 1.82) is 0 Å². The smallest absolute Gasteiger partial charge is 0.244 e. The Morgan fingerprint density at radius 2 is 2.15 bits per heavy atom. The Hall–Kier alpha value is -1.36. The molecule has 20 heavy (non-hydrogen) atoms. The van der Waals surface area contributed by atoms with Gasteiger partial charge in [0, 0.05) is 19.5 Å². The second kappa shape index (κ2) is 6.88. The van der Waals surface area contributed by atoms with Crippen LogP contribution in [-0.2, 0) is 16.1 Å². The maximum atomic E-state index is 12.2. The number of nitrogens with one attached hydrogen (secondary N) is 1. The fourth-order valence-corrected chi connectivity index (χ4v) is 3.31. The van der Waals surface area contributed by atoms with Gasteiger partial charge in [-0.3, -0.25) is 9.59 Å². The summed E-state index contributed by atoms with van der Waals surface area (Å²) < 4.78 is 0. The summed E-state index contributed by atoms with van der Waals surface area (Å²) in [6, 6.07) is 1.56. The van der Waals surface area contributed by atoms with Crippen LogP contribution in [0.2, 0.25) is 0 Å². The molecule has 1 heterocycles. The lowest BCUT2D eigenvalue weighted by molar-refractivity contribution is -0.136. The standard InChI is InChI=1S/C15H22N2O2S/c1-11(16-14(18)13-5-3-4-6-13)15(19)17(2)9-12-7-8-20-10-12/h7-8,10-11,13H,3-6,9H2,1-2H3,(H,16,18). The minimum Gasteiger partial charge on any atom is -0.344 e. The minimum atomic E-state index is -0.452. The molecule has 5 heteroatoms. The molecule has 0 radical (unpaired) electrons. The fourth-order valence-electron chi connectivity index (χ4n) is 2.65. The van der Waals surface area contributed by atoms with E-state index in [1.54, 1.807) is 30.2 Å². The Morgan fingerprint density at radius 1 is 1.45 bits per heavy atom. The number of thiophene rings is 1. The van der Waals surface area contributed by atoms with E-state index in [1.807, 2.05) is 16.8 Å². The zero-order chi connectivity index (χ0) is 14.5. The molecule has 0 bridgehead atoms. The molecule has 0 saturated heterocycles. The zero-order valence-electron chi connectivity index (χ0n) is 12.1. The Kier molecular flexibility index (Phi) is 5.17. The Morgan fingerprint density at radius 3 is 2.75 bits per heavy atom. The van der Waals surface area contributed by atoms with E-state index >= 15 is 0 Å². The fraction of sp³-hybridized carbons (Fsp3) is 0.600. The van der Waals surface area contributed by atoms with E-state index in [1.165, 1.54) is 0 Å². The Labute approximate surface area is 124 Å². The van der Waals surface area contributed by atoms with Gasteiger partial charge in [-0.25, -0.2) is 0 Å². The highest BCUT2D eigenvalue weighted by atomic mass is 32.1. The van der Waals surface area contributed by atoms with Crippen LogP contribution >= 0.6 is 11.3 Å². The third-order valence-corrected chi connectivity index (χ3v) is 4.56. The lowest BCUT2D eigenvalue weighted by Gasteiger charge is -2.23. The first-order chi connectivity index (χ1) is 9.58. The molecule has 1 aliphatic carbocycles. The van der Waals surface area contributed by atoms with Crippen LogP contribution in [0.15, 0.2) is 16.8 Å². The van der Waals surface area contributed by atoms with E-state index in [2.05, 4.69) is 5.32 Å². The van der Waals surface area contributed by atoms with Gasteiger partial charge in [0.05, 0.1) is 0 Å². The average Bonchev–Trinajstić information content (AvgIpc) is 3.10. The lowest BCUT2D eigenvalue weighted by atomic mass is 10.1. The predicted molar refractivity (Wildman–Crippen MR) is 80.4 cm³/mol. The lowest BCUT2D eigenvalue weighted by Crippen LogP contribution is -2.46. The number of likely N-dealkylation sites (N-methyl/N-ethyl adjacent to an activating group) is 1. The van der Waals surface area contributed by atoms with Crippen LogP contribution in [0.1, 0.15) is 38.2 Å². The second-order valence-corrected chi connectivity index (χ2v) is 6.32. The first kappa shape index (κ1) is 15.0. The third kappa shape index (κ3) is 3.82. The van der Waals surface area contributed by atoms with Crippen LogP contribution in [0, 0.1) is 5.92 Å². The molecule has 0 spiro atoms. The quantitative estimate of drug-likeness (QED) is 0.906. The van der Waals surface area contributed by atoms with Gasteiger partial charge in [-0.1, -0.05) is 12.8 Å². The van der Waals surface area contributed by atoms with Crippen molar-refractivity contribution < 1.29 is 9.59 Å². The maximum absolute atomic E-state index is 12.2. The largest absolute Gasteiger partial charge is 0.344 e. The van der Waals surface area contributed by atoms with Crippen molar-refractivity contribution in [3.05, 3.63) is 22.4 Å². The molecule has 110 valence electrons. The molecule has 0 aliphatic heterocycles. The van der Waals surface area contributed by atoms with Crippen molar-refractivity contribution in [2.45, 2.75) is 45.2 Å². The summed E-state index contributed by atoms with van der Waals surface area (Å²) >= 11 is 1.62. The molecule has 1 N–H and O–H groups in total. The molecule has 2 amide bonds.